The number of ketones is 1. The van der Waals surface area contributed by atoms with Crippen molar-refractivity contribution in [2.24, 2.45) is 0 Å². The van der Waals surface area contributed by atoms with Crippen LogP contribution in [0.3, 0.4) is 0 Å². The molecule has 3 N–H and O–H groups in total. The van der Waals surface area contributed by atoms with Crippen molar-refractivity contribution in [3.8, 4) is 0 Å². The molecule has 2 rings (SSSR count). The monoisotopic (exact) mass is 378 g/mol. The fourth-order valence-electron chi connectivity index (χ4n) is 3.46. The number of Topliss-reactive ketones (excluding diaryl/α,β-unsaturated/α-hetero) is 1. The molecule has 6 heteroatoms. The van der Waals surface area contributed by atoms with Crippen LogP contribution in [0.15, 0.2) is 34.6 Å². The molecule has 0 bridgehead atoms. The van der Waals surface area contributed by atoms with E-state index in [1.807, 2.05) is 13.0 Å². The van der Waals surface area contributed by atoms with Crippen LogP contribution in [0.4, 0.5) is 0 Å². The zero-order valence-electron chi connectivity index (χ0n) is 16.3. The number of aliphatic carboxylic acids is 1. The van der Waals surface area contributed by atoms with Crippen molar-refractivity contribution in [2.45, 2.75) is 83.5 Å². The molecule has 0 saturated carbocycles. The smallest absolute Gasteiger partial charge is 0.330 e. The lowest BCUT2D eigenvalue weighted by Gasteiger charge is -2.30. The molecule has 150 valence electrons. The molecule has 0 radical (unpaired) electrons. The summed E-state index contributed by atoms with van der Waals surface area (Å²) in [4.78, 5) is 22.8. The molecule has 0 saturated heterocycles. The first-order valence-corrected chi connectivity index (χ1v) is 9.51. The summed E-state index contributed by atoms with van der Waals surface area (Å²) in [5.41, 5.74) is 0.910. The quantitative estimate of drug-likeness (QED) is 0.443. The van der Waals surface area contributed by atoms with Crippen molar-refractivity contribution in [3.63, 3.8) is 0 Å². The third kappa shape index (κ3) is 5.53. The Morgan fingerprint density at radius 3 is 2.63 bits per heavy atom. The summed E-state index contributed by atoms with van der Waals surface area (Å²) in [6, 6.07) is 0. The Hall–Kier alpha value is -1.92. The van der Waals surface area contributed by atoms with Crippen molar-refractivity contribution >= 4 is 11.8 Å². The lowest BCUT2D eigenvalue weighted by molar-refractivity contribution is -0.132. The summed E-state index contributed by atoms with van der Waals surface area (Å²) in [5.74, 6) is -0.540. The second kappa shape index (κ2) is 8.85. The summed E-state index contributed by atoms with van der Waals surface area (Å²) < 4.78 is 5.76. The molecule has 0 amide bonds. The minimum absolute atomic E-state index is 0.00838. The van der Waals surface area contributed by atoms with Gasteiger partial charge in [0, 0.05) is 24.0 Å². The highest BCUT2D eigenvalue weighted by Crippen LogP contribution is 2.39. The maximum Gasteiger partial charge on any atom is 0.330 e. The van der Waals surface area contributed by atoms with Crippen LogP contribution in [0.1, 0.15) is 65.7 Å². The predicted octanol–water partition coefficient (Wildman–Crippen LogP) is 3.04. The van der Waals surface area contributed by atoms with Gasteiger partial charge in [-0.1, -0.05) is 17.7 Å². The number of carbonyl (C=O) groups is 2. The second-order valence-corrected chi connectivity index (χ2v) is 7.81. The van der Waals surface area contributed by atoms with Gasteiger partial charge in [-0.15, -0.1) is 0 Å². The molecule has 0 aromatic carbocycles. The van der Waals surface area contributed by atoms with E-state index in [-0.39, 0.29) is 5.78 Å². The Labute approximate surface area is 160 Å². The predicted molar refractivity (Wildman–Crippen MR) is 101 cm³/mol. The zero-order valence-corrected chi connectivity index (χ0v) is 16.3. The standard InChI is InChI=1S/C21H30O6/c1-13(6-4-8-14(2)20(24)25)7-5-11-21(3,26)18-12-15-16(22)9-10-17(23)19(15)27-18/h7-8,17-18,23,26H,4-6,9-12H2,1-3H3,(H,24,25)/b13-7+,14-8+/t17-,18+,21-/m1/s1. The van der Waals surface area contributed by atoms with Crippen LogP contribution in [0.25, 0.3) is 0 Å². The number of carboxylic acids is 1. The van der Waals surface area contributed by atoms with E-state index in [2.05, 4.69) is 0 Å². The Morgan fingerprint density at radius 2 is 2.00 bits per heavy atom. The van der Waals surface area contributed by atoms with E-state index in [9.17, 15) is 19.8 Å². The molecule has 1 heterocycles. The highest BCUT2D eigenvalue weighted by Gasteiger charge is 2.44. The molecule has 27 heavy (non-hydrogen) atoms. The normalized spacial score (nSPS) is 25.9. The van der Waals surface area contributed by atoms with Crippen molar-refractivity contribution in [1.82, 2.24) is 0 Å². The number of allylic oxidation sites excluding steroid dienone is 3. The van der Waals surface area contributed by atoms with Gasteiger partial charge in [0.1, 0.15) is 18.0 Å². The van der Waals surface area contributed by atoms with E-state index >= 15 is 0 Å². The number of ether oxygens (including phenoxy) is 1. The average Bonchev–Trinajstić information content (AvgIpc) is 3.05. The van der Waals surface area contributed by atoms with Gasteiger partial charge in [0.25, 0.3) is 0 Å². The number of hydrogen-bond acceptors (Lipinski definition) is 5. The molecule has 0 unspecified atom stereocenters. The average molecular weight is 378 g/mol. The molecule has 0 spiro atoms. The Bertz CT molecular complexity index is 683. The van der Waals surface area contributed by atoms with Gasteiger partial charge < -0.3 is 20.1 Å². The van der Waals surface area contributed by atoms with Crippen LogP contribution in [-0.4, -0.2) is 44.9 Å². The van der Waals surface area contributed by atoms with Gasteiger partial charge in [-0.3, -0.25) is 4.79 Å². The molecule has 0 aromatic heterocycles. The molecular weight excluding hydrogens is 348 g/mol. The zero-order chi connectivity index (χ0) is 20.2. The Kier molecular flexibility index (Phi) is 7.00. The maximum absolute atomic E-state index is 12.0. The fourth-order valence-corrected chi connectivity index (χ4v) is 3.46. The van der Waals surface area contributed by atoms with Gasteiger partial charge in [0.15, 0.2) is 5.78 Å². The van der Waals surface area contributed by atoms with Crippen LogP contribution < -0.4 is 0 Å². The van der Waals surface area contributed by atoms with E-state index in [0.29, 0.717) is 55.4 Å². The summed E-state index contributed by atoms with van der Waals surface area (Å²) in [6.45, 7) is 5.27. The molecule has 3 atom stereocenters. The number of carbonyl (C=O) groups excluding carboxylic acids is 1. The number of carboxylic acid groups (broad SMARTS) is 1. The topological polar surface area (TPSA) is 104 Å². The SMILES string of the molecule is C/C(=C\CC[C@@](C)(O)[C@@H]1CC2=C(O1)[C@H](O)CCC2=O)CC/C=C(\C)C(=O)O. The summed E-state index contributed by atoms with van der Waals surface area (Å²) in [5, 5.41) is 29.7. The van der Waals surface area contributed by atoms with E-state index in [0.717, 1.165) is 12.0 Å². The van der Waals surface area contributed by atoms with Crippen molar-refractivity contribution in [3.05, 3.63) is 34.6 Å². The first kappa shape index (κ1) is 21.4. The van der Waals surface area contributed by atoms with Crippen LogP contribution in [0.2, 0.25) is 0 Å². The van der Waals surface area contributed by atoms with Crippen LogP contribution in [-0.2, 0) is 14.3 Å². The van der Waals surface area contributed by atoms with Crippen molar-refractivity contribution < 1.29 is 29.6 Å². The molecule has 1 aliphatic carbocycles. The minimum atomic E-state index is -1.10. The van der Waals surface area contributed by atoms with E-state index in [4.69, 9.17) is 9.84 Å². The summed E-state index contributed by atoms with van der Waals surface area (Å²) in [7, 11) is 0. The summed E-state index contributed by atoms with van der Waals surface area (Å²) in [6.07, 6.45) is 6.10. The number of rotatable bonds is 8. The van der Waals surface area contributed by atoms with Gasteiger partial charge in [-0.2, -0.15) is 0 Å². The fraction of sp³-hybridized carbons (Fsp3) is 0.619. The third-order valence-electron chi connectivity index (χ3n) is 5.40. The molecule has 1 aliphatic heterocycles. The Balaban J connectivity index is 1.84. The third-order valence-corrected chi connectivity index (χ3v) is 5.40. The molecule has 6 nitrogen and oxygen atoms in total. The van der Waals surface area contributed by atoms with Gasteiger partial charge in [0.2, 0.25) is 0 Å². The number of aliphatic hydroxyl groups is 2. The van der Waals surface area contributed by atoms with Gasteiger partial charge >= 0.3 is 5.97 Å². The first-order valence-electron chi connectivity index (χ1n) is 9.51. The van der Waals surface area contributed by atoms with E-state index < -0.39 is 23.8 Å². The van der Waals surface area contributed by atoms with Crippen LogP contribution in [0, 0.1) is 0 Å². The minimum Gasteiger partial charge on any atom is -0.488 e. The van der Waals surface area contributed by atoms with E-state index in [1.54, 1.807) is 19.9 Å². The van der Waals surface area contributed by atoms with Crippen LogP contribution >= 0.6 is 0 Å². The van der Waals surface area contributed by atoms with Crippen LogP contribution in [0.5, 0.6) is 0 Å². The molecular formula is C21H30O6. The van der Waals surface area contributed by atoms with Gasteiger partial charge in [-0.25, -0.2) is 4.79 Å². The van der Waals surface area contributed by atoms with Gasteiger partial charge in [-0.05, 0) is 52.9 Å². The highest BCUT2D eigenvalue weighted by molar-refractivity contribution is 5.97. The largest absolute Gasteiger partial charge is 0.488 e. The van der Waals surface area contributed by atoms with E-state index in [1.165, 1.54) is 0 Å². The van der Waals surface area contributed by atoms with Crippen molar-refractivity contribution in [1.29, 1.82) is 0 Å². The van der Waals surface area contributed by atoms with Gasteiger partial charge in [0.05, 0.1) is 5.60 Å². The lowest BCUT2D eigenvalue weighted by atomic mass is 9.87. The van der Waals surface area contributed by atoms with Crippen molar-refractivity contribution in [2.75, 3.05) is 0 Å². The maximum atomic E-state index is 12.0. The number of aliphatic hydroxyl groups excluding tert-OH is 1. The lowest BCUT2D eigenvalue weighted by Crippen LogP contribution is -2.39. The summed E-state index contributed by atoms with van der Waals surface area (Å²) >= 11 is 0. The first-order chi connectivity index (χ1) is 12.6. The molecule has 0 fully saturated rings. The molecule has 2 aliphatic rings. The molecule has 0 aromatic rings. The number of hydrogen-bond donors (Lipinski definition) is 3. The highest BCUT2D eigenvalue weighted by atomic mass is 16.5. The second-order valence-electron chi connectivity index (χ2n) is 7.81. The Morgan fingerprint density at radius 1 is 1.30 bits per heavy atom.